The Hall–Kier alpha value is 0.260. The number of carbonyl (C=O) groups is 1. The van der Waals surface area contributed by atoms with Crippen molar-refractivity contribution < 1.29 is 9.53 Å². The predicted molar refractivity (Wildman–Crippen MR) is 84.0 cm³/mol. The van der Waals surface area contributed by atoms with E-state index in [2.05, 4.69) is 20.8 Å². The van der Waals surface area contributed by atoms with E-state index < -0.39 is 0 Å². The molecule has 0 aliphatic carbocycles. The number of piperidine rings is 1. The predicted octanol–water partition coefficient (Wildman–Crippen LogP) is 2.92. The van der Waals surface area contributed by atoms with Gasteiger partial charge < -0.3 is 9.64 Å². The minimum absolute atomic E-state index is 0.354. The van der Waals surface area contributed by atoms with Crippen molar-refractivity contribution in [3.63, 3.8) is 0 Å². The molecule has 2 fully saturated rings. The Morgan fingerprint density at radius 3 is 2.53 bits per heavy atom. The molecule has 0 aromatic heterocycles. The number of alkyl halides is 1. The van der Waals surface area contributed by atoms with Crippen LogP contribution in [0.3, 0.4) is 0 Å². The molecule has 5 heteroatoms. The fraction of sp³-hybridized carbons (Fsp3) is 0.929. The van der Waals surface area contributed by atoms with Crippen molar-refractivity contribution in [2.75, 3.05) is 36.5 Å². The quantitative estimate of drug-likeness (QED) is 0.714. The van der Waals surface area contributed by atoms with Gasteiger partial charge in [0.1, 0.15) is 0 Å². The molecule has 0 saturated carbocycles. The van der Waals surface area contributed by atoms with Gasteiger partial charge in [-0.05, 0) is 43.1 Å². The summed E-state index contributed by atoms with van der Waals surface area (Å²) in [5.41, 5.74) is 0. The lowest BCUT2D eigenvalue weighted by molar-refractivity contribution is -0.134. The first-order valence-corrected chi connectivity index (χ1v) is 9.60. The van der Waals surface area contributed by atoms with Crippen LogP contribution >= 0.6 is 27.7 Å². The fourth-order valence-corrected chi connectivity index (χ4v) is 4.20. The van der Waals surface area contributed by atoms with Crippen molar-refractivity contribution in [2.45, 2.75) is 38.2 Å². The first-order chi connectivity index (χ1) is 9.29. The summed E-state index contributed by atoms with van der Waals surface area (Å²) in [6.45, 7) is 2.54. The molecule has 1 amide bonds. The molecule has 2 rings (SSSR count). The van der Waals surface area contributed by atoms with Gasteiger partial charge in [0.25, 0.3) is 0 Å². The van der Waals surface area contributed by atoms with Crippen molar-refractivity contribution in [1.29, 1.82) is 0 Å². The summed E-state index contributed by atoms with van der Waals surface area (Å²) in [5.74, 6) is 3.48. The second-order valence-corrected chi connectivity index (χ2v) is 7.42. The fourth-order valence-electron chi connectivity index (χ4n) is 2.81. The number of rotatable bonds is 5. The molecule has 0 spiro atoms. The zero-order valence-electron chi connectivity index (χ0n) is 11.5. The van der Waals surface area contributed by atoms with E-state index in [0.29, 0.717) is 17.9 Å². The van der Waals surface area contributed by atoms with E-state index in [1.54, 1.807) is 0 Å². The molecule has 0 bridgehead atoms. The molecule has 2 aliphatic rings. The minimum atomic E-state index is 0.354. The van der Waals surface area contributed by atoms with E-state index in [4.69, 9.17) is 4.74 Å². The van der Waals surface area contributed by atoms with Gasteiger partial charge in [0.2, 0.25) is 5.91 Å². The smallest absolute Gasteiger partial charge is 0.222 e. The highest BCUT2D eigenvalue weighted by Gasteiger charge is 2.25. The van der Waals surface area contributed by atoms with Crippen LogP contribution < -0.4 is 0 Å². The van der Waals surface area contributed by atoms with E-state index in [-0.39, 0.29) is 0 Å². The van der Waals surface area contributed by atoms with Crippen LogP contribution in [-0.4, -0.2) is 53.4 Å². The Morgan fingerprint density at radius 1 is 1.21 bits per heavy atom. The van der Waals surface area contributed by atoms with Crippen LogP contribution in [0, 0.1) is 5.92 Å². The highest BCUT2D eigenvalue weighted by atomic mass is 79.9. The lowest BCUT2D eigenvalue weighted by atomic mass is 9.97. The highest BCUT2D eigenvalue weighted by molar-refractivity contribution is 9.09. The molecular formula is C14H24BrNO2S. The summed E-state index contributed by atoms with van der Waals surface area (Å²) in [7, 11) is 0. The standard InChI is InChI=1S/C14H24BrNO2S/c15-5-8-18-13-1-6-16(7-2-13)14(17)11-12-3-9-19-10-4-12/h12-13H,1-11H2. The van der Waals surface area contributed by atoms with Crippen LogP contribution in [0.2, 0.25) is 0 Å². The van der Waals surface area contributed by atoms with Crippen molar-refractivity contribution in [3.8, 4) is 0 Å². The molecule has 0 aromatic carbocycles. The van der Waals surface area contributed by atoms with Crippen molar-refractivity contribution in [2.24, 2.45) is 5.92 Å². The van der Waals surface area contributed by atoms with E-state index in [1.807, 2.05) is 11.8 Å². The van der Waals surface area contributed by atoms with Gasteiger partial charge in [-0.25, -0.2) is 0 Å². The van der Waals surface area contributed by atoms with Gasteiger partial charge in [-0.3, -0.25) is 4.79 Å². The van der Waals surface area contributed by atoms with Crippen LogP contribution in [0.5, 0.6) is 0 Å². The number of amides is 1. The second kappa shape index (κ2) is 8.53. The van der Waals surface area contributed by atoms with Gasteiger partial charge in [-0.15, -0.1) is 0 Å². The van der Waals surface area contributed by atoms with Crippen LogP contribution in [-0.2, 0) is 9.53 Å². The summed E-state index contributed by atoms with van der Waals surface area (Å²) in [6, 6.07) is 0. The Balaban J connectivity index is 1.67. The number of carbonyl (C=O) groups excluding carboxylic acids is 1. The molecular weight excluding hydrogens is 326 g/mol. The number of hydrogen-bond donors (Lipinski definition) is 0. The summed E-state index contributed by atoms with van der Waals surface area (Å²) in [4.78, 5) is 14.3. The Bertz CT molecular complexity index is 277. The van der Waals surface area contributed by atoms with Gasteiger partial charge in [-0.1, -0.05) is 15.9 Å². The third-order valence-electron chi connectivity index (χ3n) is 4.03. The molecule has 2 aliphatic heterocycles. The topological polar surface area (TPSA) is 29.5 Å². The van der Waals surface area contributed by atoms with E-state index in [0.717, 1.165) is 44.3 Å². The largest absolute Gasteiger partial charge is 0.377 e. The molecule has 3 nitrogen and oxygen atoms in total. The zero-order valence-corrected chi connectivity index (χ0v) is 13.9. The van der Waals surface area contributed by atoms with E-state index in [9.17, 15) is 4.79 Å². The number of hydrogen-bond acceptors (Lipinski definition) is 3. The molecule has 0 atom stereocenters. The van der Waals surface area contributed by atoms with Crippen molar-refractivity contribution in [3.05, 3.63) is 0 Å². The van der Waals surface area contributed by atoms with Crippen molar-refractivity contribution >= 4 is 33.6 Å². The third-order valence-corrected chi connectivity index (χ3v) is 5.40. The van der Waals surface area contributed by atoms with E-state index >= 15 is 0 Å². The SMILES string of the molecule is O=C(CC1CCSCC1)N1CCC(OCCBr)CC1. The molecule has 2 heterocycles. The lowest BCUT2D eigenvalue weighted by Gasteiger charge is -2.33. The maximum absolute atomic E-state index is 12.3. The normalized spacial score (nSPS) is 22.7. The average Bonchev–Trinajstić information content (AvgIpc) is 2.46. The van der Waals surface area contributed by atoms with Crippen LogP contribution in [0.25, 0.3) is 0 Å². The summed E-state index contributed by atoms with van der Waals surface area (Å²) < 4.78 is 5.72. The minimum Gasteiger partial charge on any atom is -0.377 e. The number of likely N-dealkylation sites (tertiary alicyclic amines) is 1. The maximum Gasteiger partial charge on any atom is 0.222 e. The van der Waals surface area contributed by atoms with Gasteiger partial charge >= 0.3 is 0 Å². The summed E-state index contributed by atoms with van der Waals surface area (Å²) in [6.07, 6.45) is 5.57. The van der Waals surface area contributed by atoms with Crippen molar-refractivity contribution in [1.82, 2.24) is 4.90 Å². The molecule has 0 aromatic rings. The molecule has 110 valence electrons. The first kappa shape index (κ1) is 15.6. The monoisotopic (exact) mass is 349 g/mol. The summed E-state index contributed by atoms with van der Waals surface area (Å²) >= 11 is 5.40. The van der Waals surface area contributed by atoms with Gasteiger partial charge in [0.05, 0.1) is 12.7 Å². The van der Waals surface area contributed by atoms with Crippen LogP contribution in [0.4, 0.5) is 0 Å². The molecule has 0 radical (unpaired) electrons. The number of nitrogens with zero attached hydrogens (tertiary/aromatic N) is 1. The highest BCUT2D eigenvalue weighted by Crippen LogP contribution is 2.26. The number of halogens is 1. The zero-order chi connectivity index (χ0) is 13.5. The lowest BCUT2D eigenvalue weighted by Crippen LogP contribution is -2.41. The second-order valence-electron chi connectivity index (χ2n) is 5.40. The molecule has 0 N–H and O–H groups in total. The number of ether oxygens (including phenoxy) is 1. The van der Waals surface area contributed by atoms with E-state index in [1.165, 1.54) is 24.3 Å². The average molecular weight is 350 g/mol. The van der Waals surface area contributed by atoms with Gasteiger partial charge in [-0.2, -0.15) is 11.8 Å². The van der Waals surface area contributed by atoms with Gasteiger partial charge in [0.15, 0.2) is 0 Å². The third kappa shape index (κ3) is 5.27. The Labute approximate surface area is 128 Å². The molecule has 19 heavy (non-hydrogen) atoms. The van der Waals surface area contributed by atoms with Gasteiger partial charge in [0, 0.05) is 24.8 Å². The molecule has 2 saturated heterocycles. The maximum atomic E-state index is 12.3. The Morgan fingerprint density at radius 2 is 1.89 bits per heavy atom. The summed E-state index contributed by atoms with van der Waals surface area (Å²) in [5, 5.41) is 0.895. The first-order valence-electron chi connectivity index (χ1n) is 7.32. The van der Waals surface area contributed by atoms with Crippen LogP contribution in [0.1, 0.15) is 32.1 Å². The molecule has 0 unspecified atom stereocenters. The van der Waals surface area contributed by atoms with Crippen LogP contribution in [0.15, 0.2) is 0 Å². The number of thioether (sulfide) groups is 1. The Kier molecular flexibility index (Phi) is 7.02.